The summed E-state index contributed by atoms with van der Waals surface area (Å²) >= 11 is 5.78. The number of Topliss-reactive ketones (excluding diaryl/α,β-unsaturated/α-hetero) is 1. The monoisotopic (exact) mass is 404 g/mol. The van der Waals surface area contributed by atoms with Crippen molar-refractivity contribution in [3.05, 3.63) is 63.2 Å². The maximum absolute atomic E-state index is 12.6. The fourth-order valence-corrected chi connectivity index (χ4v) is 2.41. The average Bonchev–Trinajstić information content (AvgIpc) is 2.62. The second-order valence-electron chi connectivity index (χ2n) is 7.27. The first-order valence-electron chi connectivity index (χ1n) is 8.55. The number of halogens is 1. The summed E-state index contributed by atoms with van der Waals surface area (Å²) in [6.07, 6.45) is -0.949. The molecule has 0 saturated heterocycles. The molecule has 1 atom stereocenters. The number of ether oxygens (including phenoxy) is 1. The van der Waals surface area contributed by atoms with E-state index < -0.39 is 16.4 Å². The van der Waals surface area contributed by atoms with Gasteiger partial charge in [-0.3, -0.25) is 19.7 Å². The molecule has 1 N–H and O–H groups in total. The second kappa shape index (κ2) is 8.39. The molecule has 2 rings (SSSR count). The van der Waals surface area contributed by atoms with Crippen molar-refractivity contribution >= 4 is 34.7 Å². The van der Waals surface area contributed by atoms with Gasteiger partial charge in [0, 0.05) is 27.8 Å². The van der Waals surface area contributed by atoms with Gasteiger partial charge >= 0.3 is 5.69 Å². The SMILES string of the molecule is C[C@@H](Oc1ccc(Cl)cc1[N+](=O)[O-])C(=O)c1ccc(NC(=O)C(C)(C)C)cc1. The number of hydrogen-bond donors (Lipinski definition) is 1. The number of hydrogen-bond acceptors (Lipinski definition) is 5. The van der Waals surface area contributed by atoms with Gasteiger partial charge in [0.25, 0.3) is 0 Å². The number of carbonyl (C=O) groups is 2. The third-order valence-corrected chi connectivity index (χ3v) is 4.13. The highest BCUT2D eigenvalue weighted by Gasteiger charge is 2.23. The molecule has 8 heteroatoms. The van der Waals surface area contributed by atoms with Crippen molar-refractivity contribution in [2.75, 3.05) is 5.32 Å². The molecule has 148 valence electrons. The molecule has 0 saturated carbocycles. The normalized spacial score (nSPS) is 12.2. The standard InChI is InChI=1S/C20H21ClN2O5/c1-12(28-17-10-7-14(21)11-16(17)23(26)27)18(24)13-5-8-15(9-6-13)22-19(25)20(2,3)4/h5-12H,1-4H3,(H,22,25)/t12-/m1/s1. The van der Waals surface area contributed by atoms with Crippen LogP contribution in [0.3, 0.4) is 0 Å². The van der Waals surface area contributed by atoms with Crippen LogP contribution in [-0.2, 0) is 4.79 Å². The molecule has 0 spiro atoms. The van der Waals surface area contributed by atoms with Crippen molar-refractivity contribution in [2.24, 2.45) is 5.41 Å². The Morgan fingerprint density at radius 2 is 1.75 bits per heavy atom. The van der Waals surface area contributed by atoms with E-state index in [1.165, 1.54) is 25.1 Å². The van der Waals surface area contributed by atoms with Gasteiger partial charge in [0.2, 0.25) is 11.7 Å². The third-order valence-electron chi connectivity index (χ3n) is 3.90. The summed E-state index contributed by atoms with van der Waals surface area (Å²) in [4.78, 5) is 35.1. The molecule has 2 aromatic carbocycles. The van der Waals surface area contributed by atoms with E-state index in [1.54, 1.807) is 45.0 Å². The molecular weight excluding hydrogens is 384 g/mol. The van der Waals surface area contributed by atoms with Gasteiger partial charge in [0.05, 0.1) is 4.92 Å². The Hall–Kier alpha value is -2.93. The van der Waals surface area contributed by atoms with E-state index in [0.29, 0.717) is 11.3 Å². The predicted octanol–water partition coefficient (Wildman–Crippen LogP) is 4.88. The minimum Gasteiger partial charge on any atom is -0.475 e. The summed E-state index contributed by atoms with van der Waals surface area (Å²) in [5, 5.41) is 14.1. The highest BCUT2D eigenvalue weighted by Crippen LogP contribution is 2.31. The molecule has 0 unspecified atom stereocenters. The first-order chi connectivity index (χ1) is 13.0. The summed E-state index contributed by atoms with van der Waals surface area (Å²) in [7, 11) is 0. The van der Waals surface area contributed by atoms with Crippen molar-refractivity contribution in [2.45, 2.75) is 33.8 Å². The average molecular weight is 405 g/mol. The Morgan fingerprint density at radius 3 is 2.29 bits per heavy atom. The van der Waals surface area contributed by atoms with E-state index >= 15 is 0 Å². The van der Waals surface area contributed by atoms with Crippen LogP contribution in [0, 0.1) is 15.5 Å². The van der Waals surface area contributed by atoms with E-state index in [1.807, 2.05) is 0 Å². The van der Waals surface area contributed by atoms with E-state index in [0.717, 1.165) is 0 Å². The molecule has 0 aliphatic carbocycles. The molecule has 0 heterocycles. The molecule has 0 fully saturated rings. The van der Waals surface area contributed by atoms with Gasteiger partial charge in [0.1, 0.15) is 0 Å². The number of ketones is 1. The zero-order valence-corrected chi connectivity index (χ0v) is 16.7. The van der Waals surface area contributed by atoms with Crippen molar-refractivity contribution in [1.29, 1.82) is 0 Å². The molecule has 28 heavy (non-hydrogen) atoms. The van der Waals surface area contributed by atoms with Crippen LogP contribution in [0.1, 0.15) is 38.1 Å². The lowest BCUT2D eigenvalue weighted by Gasteiger charge is -2.18. The number of anilines is 1. The van der Waals surface area contributed by atoms with Gasteiger partial charge in [-0.2, -0.15) is 0 Å². The number of nitrogens with one attached hydrogen (secondary N) is 1. The van der Waals surface area contributed by atoms with E-state index in [-0.39, 0.29) is 28.1 Å². The number of nitro groups is 1. The first kappa shape index (κ1) is 21.4. The fourth-order valence-electron chi connectivity index (χ4n) is 2.25. The van der Waals surface area contributed by atoms with Crippen LogP contribution in [0.5, 0.6) is 5.75 Å². The molecule has 7 nitrogen and oxygen atoms in total. The van der Waals surface area contributed by atoms with E-state index in [9.17, 15) is 19.7 Å². The van der Waals surface area contributed by atoms with Crippen molar-refractivity contribution in [3.63, 3.8) is 0 Å². The number of nitrogens with zero attached hydrogens (tertiary/aromatic N) is 1. The third kappa shape index (κ3) is 5.29. The summed E-state index contributed by atoms with van der Waals surface area (Å²) in [5.74, 6) is -0.527. The quantitative estimate of drug-likeness (QED) is 0.420. The van der Waals surface area contributed by atoms with Crippen molar-refractivity contribution < 1.29 is 19.2 Å². The smallest absolute Gasteiger partial charge is 0.312 e. The van der Waals surface area contributed by atoms with Crippen molar-refractivity contribution in [1.82, 2.24) is 0 Å². The Morgan fingerprint density at radius 1 is 1.14 bits per heavy atom. The van der Waals surface area contributed by atoms with E-state index in [2.05, 4.69) is 5.32 Å². The predicted molar refractivity (Wildman–Crippen MR) is 107 cm³/mol. The van der Waals surface area contributed by atoms with Gasteiger partial charge in [-0.25, -0.2) is 0 Å². The summed E-state index contributed by atoms with van der Waals surface area (Å²) < 4.78 is 5.50. The Kier molecular flexibility index (Phi) is 6.41. The zero-order valence-electron chi connectivity index (χ0n) is 16.0. The molecular formula is C20H21ClN2O5. The van der Waals surface area contributed by atoms with Crippen LogP contribution in [0.4, 0.5) is 11.4 Å². The van der Waals surface area contributed by atoms with Gasteiger partial charge in [0.15, 0.2) is 11.9 Å². The molecule has 0 aromatic heterocycles. The molecule has 1 amide bonds. The molecule has 0 aliphatic heterocycles. The number of rotatable bonds is 6. The second-order valence-corrected chi connectivity index (χ2v) is 7.71. The number of carbonyl (C=O) groups excluding carboxylic acids is 2. The lowest BCUT2D eigenvalue weighted by Crippen LogP contribution is -2.27. The van der Waals surface area contributed by atoms with Crippen LogP contribution < -0.4 is 10.1 Å². The van der Waals surface area contributed by atoms with Crippen LogP contribution >= 0.6 is 11.6 Å². The number of benzene rings is 2. The highest BCUT2D eigenvalue weighted by atomic mass is 35.5. The van der Waals surface area contributed by atoms with E-state index in [4.69, 9.17) is 16.3 Å². The Bertz CT molecular complexity index is 904. The maximum Gasteiger partial charge on any atom is 0.312 e. The van der Waals surface area contributed by atoms with Gasteiger partial charge in [-0.15, -0.1) is 0 Å². The number of nitro benzene ring substituents is 1. The lowest BCUT2D eigenvalue weighted by atomic mass is 9.95. The van der Waals surface area contributed by atoms with Crippen LogP contribution in [0.15, 0.2) is 42.5 Å². The lowest BCUT2D eigenvalue weighted by molar-refractivity contribution is -0.386. The van der Waals surface area contributed by atoms with Gasteiger partial charge < -0.3 is 10.1 Å². The molecule has 0 aliphatic rings. The Balaban J connectivity index is 2.12. The largest absolute Gasteiger partial charge is 0.475 e. The minimum atomic E-state index is -0.949. The molecule has 2 aromatic rings. The minimum absolute atomic E-state index is 0.0377. The molecule has 0 bridgehead atoms. The van der Waals surface area contributed by atoms with Gasteiger partial charge in [-0.1, -0.05) is 32.4 Å². The fraction of sp³-hybridized carbons (Fsp3) is 0.300. The van der Waals surface area contributed by atoms with Crippen LogP contribution in [0.2, 0.25) is 5.02 Å². The highest BCUT2D eigenvalue weighted by molar-refractivity contribution is 6.30. The number of amides is 1. The van der Waals surface area contributed by atoms with Crippen molar-refractivity contribution in [3.8, 4) is 5.75 Å². The summed E-state index contributed by atoms with van der Waals surface area (Å²) in [5.41, 5.74) is 0.0769. The van der Waals surface area contributed by atoms with Crippen LogP contribution in [-0.4, -0.2) is 22.7 Å². The zero-order chi connectivity index (χ0) is 21.1. The summed E-state index contributed by atoms with van der Waals surface area (Å²) in [6, 6.07) is 10.3. The van der Waals surface area contributed by atoms with Crippen LogP contribution in [0.25, 0.3) is 0 Å². The Labute approximate surface area is 167 Å². The van der Waals surface area contributed by atoms with Gasteiger partial charge in [-0.05, 0) is 43.3 Å². The topological polar surface area (TPSA) is 98.5 Å². The maximum atomic E-state index is 12.6. The first-order valence-corrected chi connectivity index (χ1v) is 8.93. The summed E-state index contributed by atoms with van der Waals surface area (Å²) in [6.45, 7) is 6.91. The molecule has 0 radical (unpaired) electrons.